The minimum Gasteiger partial charge on any atom is -0.496 e. The Balaban J connectivity index is 1.42. The number of carbonyl (C=O) groups is 4. The number of hydrogen-bond acceptors (Lipinski definition) is 9. The summed E-state index contributed by atoms with van der Waals surface area (Å²) in [6, 6.07) is 7.49. The van der Waals surface area contributed by atoms with Gasteiger partial charge < -0.3 is 29.7 Å². The maximum Gasteiger partial charge on any atom is 0.407 e. The van der Waals surface area contributed by atoms with Gasteiger partial charge in [0.2, 0.25) is 21.8 Å². The standard InChI is InChI=1S/C38H48N4O9S/c1-7-26-20-38(26,34(45)41-52(47,48)28-14-15-28)40-32(43)29-21-37(50-6)22-42(29)33(44)31(36(2,3)4)39-35(46)51-16-10-8-9-11-24-17-25-18-27(37)13-12-23(25)19-30(24)49-5/h7,9,11-13,17-19,26,28-29,31H,1,8,10,14-16,20-22H2,2-6H3,(H,39,46)(H,40,43)(H,41,45)/t26-,29+,31-,37+,38-/m1/s1. The number of fused-ring (bicyclic) bond motifs is 5. The molecule has 4 aliphatic rings. The van der Waals surface area contributed by atoms with E-state index in [1.807, 2.05) is 42.5 Å². The van der Waals surface area contributed by atoms with Crippen molar-refractivity contribution in [2.45, 2.75) is 87.8 Å². The molecule has 2 aliphatic heterocycles. The zero-order valence-corrected chi connectivity index (χ0v) is 31.1. The number of rotatable bonds is 8. The van der Waals surface area contributed by atoms with E-state index in [-0.39, 0.29) is 26.0 Å². The van der Waals surface area contributed by atoms with Gasteiger partial charge in [0.15, 0.2) is 0 Å². The van der Waals surface area contributed by atoms with Gasteiger partial charge in [-0.15, -0.1) is 6.58 Å². The van der Waals surface area contributed by atoms with Gasteiger partial charge in [-0.25, -0.2) is 13.2 Å². The maximum atomic E-state index is 14.7. The topological polar surface area (TPSA) is 169 Å². The number of benzene rings is 2. The van der Waals surface area contributed by atoms with Crippen molar-refractivity contribution in [2.24, 2.45) is 11.3 Å². The Morgan fingerprint density at radius 3 is 2.48 bits per heavy atom. The monoisotopic (exact) mass is 736 g/mol. The van der Waals surface area contributed by atoms with Gasteiger partial charge in [-0.3, -0.25) is 19.1 Å². The average molecular weight is 737 g/mol. The van der Waals surface area contributed by atoms with Gasteiger partial charge in [-0.05, 0) is 72.1 Å². The lowest BCUT2D eigenvalue weighted by molar-refractivity contribution is -0.143. The van der Waals surface area contributed by atoms with Crippen molar-refractivity contribution in [3.05, 3.63) is 60.2 Å². The van der Waals surface area contributed by atoms with Gasteiger partial charge in [0.25, 0.3) is 5.91 Å². The maximum absolute atomic E-state index is 14.7. The SMILES string of the molecule is C=C[C@@H]1C[C@]1(NC(=O)[C@@H]1C[C@]2(OC)CN1C(=O)[C@H](C(C)(C)C)NC(=O)OCCCC=Cc1cc3cc2ccc3cc1OC)C(=O)NS(=O)(=O)C1CC1. The van der Waals surface area contributed by atoms with Crippen LogP contribution in [0.1, 0.15) is 70.4 Å². The molecule has 2 heterocycles. The molecule has 14 heteroatoms. The number of hydrogen-bond donors (Lipinski definition) is 3. The first-order valence-electron chi connectivity index (χ1n) is 17.7. The first-order chi connectivity index (χ1) is 24.6. The number of cyclic esters (lactones) is 1. The summed E-state index contributed by atoms with van der Waals surface area (Å²) in [5, 5.41) is 6.74. The third-order valence-corrected chi connectivity index (χ3v) is 12.5. The van der Waals surface area contributed by atoms with Crippen LogP contribution in [0, 0.1) is 11.3 Å². The second-order valence-corrected chi connectivity index (χ2v) is 17.3. The fraction of sp³-hybridized carbons (Fsp3) is 0.526. The van der Waals surface area contributed by atoms with Crippen LogP contribution in [0.2, 0.25) is 0 Å². The molecule has 6 rings (SSSR count). The van der Waals surface area contributed by atoms with Crippen LogP contribution in [-0.4, -0.2) is 87.4 Å². The van der Waals surface area contributed by atoms with Crippen LogP contribution in [0.15, 0.2) is 49.1 Å². The Morgan fingerprint density at radius 1 is 1.10 bits per heavy atom. The Morgan fingerprint density at radius 2 is 1.85 bits per heavy atom. The zero-order valence-electron chi connectivity index (χ0n) is 30.3. The molecule has 0 radical (unpaired) electrons. The highest BCUT2D eigenvalue weighted by Crippen LogP contribution is 2.47. The van der Waals surface area contributed by atoms with E-state index < -0.39 is 73.6 Å². The molecule has 2 aromatic carbocycles. The highest BCUT2D eigenvalue weighted by Gasteiger charge is 2.62. The van der Waals surface area contributed by atoms with Crippen molar-refractivity contribution >= 4 is 50.7 Å². The Bertz CT molecular complexity index is 1940. The van der Waals surface area contributed by atoms with Crippen molar-refractivity contribution in [1.82, 2.24) is 20.3 Å². The van der Waals surface area contributed by atoms with Crippen LogP contribution in [0.5, 0.6) is 5.75 Å². The molecule has 1 saturated heterocycles. The number of carbonyl (C=O) groups excluding carboxylic acids is 4. The number of nitrogens with one attached hydrogen (secondary N) is 3. The molecule has 13 nitrogen and oxygen atoms in total. The van der Waals surface area contributed by atoms with Gasteiger partial charge in [0.05, 0.1) is 25.5 Å². The molecule has 3 N–H and O–H groups in total. The van der Waals surface area contributed by atoms with Crippen LogP contribution in [0.4, 0.5) is 4.79 Å². The van der Waals surface area contributed by atoms with Crippen molar-refractivity contribution in [3.63, 3.8) is 0 Å². The number of amides is 4. The van der Waals surface area contributed by atoms with Crippen LogP contribution in [0.25, 0.3) is 16.8 Å². The van der Waals surface area contributed by atoms with Gasteiger partial charge >= 0.3 is 6.09 Å². The summed E-state index contributed by atoms with van der Waals surface area (Å²) in [4.78, 5) is 57.2. The summed E-state index contributed by atoms with van der Waals surface area (Å²) >= 11 is 0. The van der Waals surface area contributed by atoms with Gasteiger partial charge in [0, 0.05) is 25.0 Å². The number of sulfonamides is 1. The quantitative estimate of drug-likeness (QED) is 0.341. The van der Waals surface area contributed by atoms with Gasteiger partial charge in [-0.1, -0.05) is 51.1 Å². The molecule has 280 valence electrons. The van der Waals surface area contributed by atoms with E-state index in [0.29, 0.717) is 31.4 Å². The second kappa shape index (κ2) is 13.8. The van der Waals surface area contributed by atoms with Crippen LogP contribution in [0.3, 0.4) is 0 Å². The van der Waals surface area contributed by atoms with E-state index >= 15 is 0 Å². The highest BCUT2D eigenvalue weighted by molar-refractivity contribution is 7.91. The summed E-state index contributed by atoms with van der Waals surface area (Å²) in [7, 11) is -0.776. The predicted octanol–water partition coefficient (Wildman–Crippen LogP) is 3.91. The fourth-order valence-electron chi connectivity index (χ4n) is 7.27. The van der Waals surface area contributed by atoms with E-state index in [1.54, 1.807) is 27.9 Å². The Hall–Kier alpha value is -4.43. The summed E-state index contributed by atoms with van der Waals surface area (Å²) in [6.07, 6.45) is 6.94. The van der Waals surface area contributed by atoms with E-state index in [2.05, 4.69) is 21.9 Å². The highest BCUT2D eigenvalue weighted by atomic mass is 32.2. The van der Waals surface area contributed by atoms with Crippen molar-refractivity contribution in [2.75, 3.05) is 27.4 Å². The van der Waals surface area contributed by atoms with Crippen LogP contribution in [-0.2, 0) is 39.5 Å². The third-order valence-electron chi connectivity index (χ3n) is 10.7. The van der Waals surface area contributed by atoms with E-state index in [0.717, 1.165) is 21.9 Å². The summed E-state index contributed by atoms with van der Waals surface area (Å²) in [5.74, 6) is -1.87. The zero-order chi connectivity index (χ0) is 37.6. The number of ether oxygens (including phenoxy) is 3. The van der Waals surface area contributed by atoms with Crippen molar-refractivity contribution in [3.8, 4) is 5.75 Å². The van der Waals surface area contributed by atoms with Crippen molar-refractivity contribution < 1.29 is 41.8 Å². The summed E-state index contributed by atoms with van der Waals surface area (Å²) in [5.41, 5.74) is -1.98. The number of alkyl carbamates (subject to hydrolysis) is 1. The first kappa shape index (κ1) is 37.3. The molecule has 5 atom stereocenters. The number of nitrogens with zero attached hydrogens (tertiary/aromatic N) is 1. The molecule has 2 aliphatic carbocycles. The van der Waals surface area contributed by atoms with E-state index in [9.17, 15) is 27.6 Å². The smallest absolute Gasteiger partial charge is 0.407 e. The van der Waals surface area contributed by atoms with Gasteiger partial charge in [-0.2, -0.15) is 0 Å². The Kier molecular flexibility index (Phi) is 9.94. The lowest BCUT2D eigenvalue weighted by Gasteiger charge is -2.36. The molecular formula is C38H48N4O9S. The molecule has 2 aromatic rings. The number of allylic oxidation sites excluding steroid dienone is 1. The van der Waals surface area contributed by atoms with Crippen LogP contribution < -0.4 is 20.1 Å². The molecule has 0 spiro atoms. The first-order valence-corrected chi connectivity index (χ1v) is 19.2. The molecule has 0 unspecified atom stereocenters. The largest absolute Gasteiger partial charge is 0.496 e. The molecule has 0 aromatic heterocycles. The summed E-state index contributed by atoms with van der Waals surface area (Å²) in [6.45, 7) is 9.25. The minimum atomic E-state index is -3.90. The second-order valence-electron chi connectivity index (χ2n) is 15.3. The molecule has 52 heavy (non-hydrogen) atoms. The van der Waals surface area contributed by atoms with Crippen molar-refractivity contribution in [1.29, 1.82) is 0 Å². The molecule has 2 saturated carbocycles. The minimum absolute atomic E-state index is 0.00757. The average Bonchev–Trinajstić information content (AvgIpc) is 4.03. The number of methoxy groups -OCH3 is 2. The lowest BCUT2D eigenvalue weighted by Crippen LogP contribution is -2.60. The van der Waals surface area contributed by atoms with E-state index in [4.69, 9.17) is 14.2 Å². The normalized spacial score (nSPS) is 28.1. The summed E-state index contributed by atoms with van der Waals surface area (Å²) < 4.78 is 45.0. The lowest BCUT2D eigenvalue weighted by atomic mass is 9.85. The fourth-order valence-corrected chi connectivity index (χ4v) is 8.63. The van der Waals surface area contributed by atoms with E-state index in [1.165, 1.54) is 18.1 Å². The predicted molar refractivity (Wildman–Crippen MR) is 195 cm³/mol. The van der Waals surface area contributed by atoms with Gasteiger partial charge in [0.1, 0.15) is 29.0 Å². The molecule has 3 fully saturated rings. The molecule has 4 amide bonds. The molecule has 5 bridgehead atoms. The Labute approximate surface area is 304 Å². The molecular weight excluding hydrogens is 689 g/mol. The van der Waals surface area contributed by atoms with Crippen LogP contribution >= 0.6 is 0 Å². The third kappa shape index (κ3) is 7.14.